The number of hydrogen-bond acceptors (Lipinski definition) is 6. The molecule has 0 bridgehead atoms. The van der Waals surface area contributed by atoms with Gasteiger partial charge in [0.1, 0.15) is 5.75 Å². The molecular formula is C35H37NO5. The Labute approximate surface area is 242 Å². The first kappa shape index (κ1) is 27.5. The van der Waals surface area contributed by atoms with Gasteiger partial charge in [-0.1, -0.05) is 72.8 Å². The monoisotopic (exact) mass is 551 g/mol. The summed E-state index contributed by atoms with van der Waals surface area (Å²) in [7, 11) is 0. The average molecular weight is 552 g/mol. The number of fused-ring (bicyclic) bond motifs is 3. The lowest BCUT2D eigenvalue weighted by atomic mass is 9.83. The second kappa shape index (κ2) is 13.3. The lowest BCUT2D eigenvalue weighted by Gasteiger charge is -2.36. The molecule has 212 valence electrons. The number of anilines is 1. The average Bonchev–Trinajstić information content (AvgIpc) is 3.05. The molecule has 0 radical (unpaired) electrons. The van der Waals surface area contributed by atoms with Crippen molar-refractivity contribution in [1.29, 1.82) is 0 Å². The van der Waals surface area contributed by atoms with Gasteiger partial charge in [0.2, 0.25) is 0 Å². The van der Waals surface area contributed by atoms with E-state index in [4.69, 9.17) is 23.7 Å². The van der Waals surface area contributed by atoms with Gasteiger partial charge in [0.25, 0.3) is 0 Å². The molecule has 0 N–H and O–H groups in total. The van der Waals surface area contributed by atoms with E-state index in [1.807, 2.05) is 6.07 Å². The van der Waals surface area contributed by atoms with Crippen LogP contribution < -0.4 is 9.64 Å². The van der Waals surface area contributed by atoms with Gasteiger partial charge in [0.05, 0.1) is 52.9 Å². The van der Waals surface area contributed by atoms with Crippen LogP contribution >= 0.6 is 0 Å². The molecule has 2 aliphatic rings. The zero-order chi connectivity index (χ0) is 27.7. The van der Waals surface area contributed by atoms with Gasteiger partial charge in [0.15, 0.2) is 5.60 Å². The SMILES string of the molecule is C1=CC(c2ccccc2)(c2ccc(N3CCOCCOCCOCCOCC3)cc2)Oc2ccc3ccccc3c21. The number of hydrogen-bond donors (Lipinski definition) is 0. The van der Waals surface area contributed by atoms with Crippen LogP contribution in [0.3, 0.4) is 0 Å². The van der Waals surface area contributed by atoms with Gasteiger partial charge in [-0.25, -0.2) is 0 Å². The highest BCUT2D eigenvalue weighted by Crippen LogP contribution is 2.44. The standard InChI is InChI=1S/C35H37NO5/c1-2-7-29(8-3-1)35(17-16-33-32-9-5-4-6-28(32)10-15-34(33)41-35)30-11-13-31(14-12-30)36-18-20-37-22-24-39-26-27-40-25-23-38-21-19-36/h1-17H,18-27H2. The molecule has 6 heteroatoms. The number of nitrogens with zero attached hydrogens (tertiary/aromatic N) is 1. The molecule has 6 rings (SSSR count). The highest BCUT2D eigenvalue weighted by Gasteiger charge is 2.37. The molecule has 1 unspecified atom stereocenters. The van der Waals surface area contributed by atoms with Crippen molar-refractivity contribution in [2.24, 2.45) is 0 Å². The van der Waals surface area contributed by atoms with Gasteiger partial charge in [0, 0.05) is 35.5 Å². The van der Waals surface area contributed by atoms with Crippen molar-refractivity contribution in [3.8, 4) is 5.75 Å². The summed E-state index contributed by atoms with van der Waals surface area (Å²) in [6.07, 6.45) is 4.41. The maximum absolute atomic E-state index is 6.95. The van der Waals surface area contributed by atoms with Gasteiger partial charge in [-0.15, -0.1) is 0 Å². The first-order valence-corrected chi connectivity index (χ1v) is 14.5. The lowest BCUT2D eigenvalue weighted by molar-refractivity contribution is 0.00206. The summed E-state index contributed by atoms with van der Waals surface area (Å²) in [6.45, 7) is 6.20. The maximum atomic E-state index is 6.95. The third kappa shape index (κ3) is 6.31. The Morgan fingerprint density at radius 2 is 1.12 bits per heavy atom. The van der Waals surface area contributed by atoms with E-state index < -0.39 is 5.60 Å². The third-order valence-corrected chi connectivity index (χ3v) is 7.68. The van der Waals surface area contributed by atoms with Gasteiger partial charge in [-0.2, -0.15) is 0 Å². The van der Waals surface area contributed by atoms with Crippen LogP contribution in [0.1, 0.15) is 16.7 Å². The molecule has 1 saturated heterocycles. The molecule has 0 amide bonds. The summed E-state index contributed by atoms with van der Waals surface area (Å²) in [6, 6.07) is 31.8. The van der Waals surface area contributed by atoms with Crippen LogP contribution in [0.5, 0.6) is 5.75 Å². The van der Waals surface area contributed by atoms with E-state index in [1.54, 1.807) is 0 Å². The van der Waals surface area contributed by atoms with E-state index in [-0.39, 0.29) is 0 Å². The summed E-state index contributed by atoms with van der Waals surface area (Å²) in [5, 5.41) is 2.40. The molecule has 41 heavy (non-hydrogen) atoms. The van der Waals surface area contributed by atoms with Crippen LogP contribution in [0.25, 0.3) is 16.8 Å². The van der Waals surface area contributed by atoms with Crippen molar-refractivity contribution >= 4 is 22.5 Å². The minimum atomic E-state index is -0.738. The molecular weight excluding hydrogens is 514 g/mol. The fourth-order valence-electron chi connectivity index (χ4n) is 5.51. The molecule has 4 aromatic rings. The van der Waals surface area contributed by atoms with Gasteiger partial charge < -0.3 is 28.6 Å². The third-order valence-electron chi connectivity index (χ3n) is 7.68. The summed E-state index contributed by atoms with van der Waals surface area (Å²) in [5.41, 5.74) is 3.65. The Bertz CT molecular complexity index is 1420. The van der Waals surface area contributed by atoms with E-state index in [9.17, 15) is 0 Å². The predicted octanol–water partition coefficient (Wildman–Crippen LogP) is 6.08. The second-order valence-corrected chi connectivity index (χ2v) is 10.2. The summed E-state index contributed by atoms with van der Waals surface area (Å²) in [4.78, 5) is 2.30. The van der Waals surface area contributed by atoms with E-state index in [0.29, 0.717) is 52.9 Å². The van der Waals surface area contributed by atoms with Crippen molar-refractivity contribution in [3.63, 3.8) is 0 Å². The highest BCUT2D eigenvalue weighted by molar-refractivity contribution is 5.94. The van der Waals surface area contributed by atoms with Crippen LogP contribution in [-0.2, 0) is 24.5 Å². The van der Waals surface area contributed by atoms with Gasteiger partial charge in [-0.05, 0) is 41.1 Å². The smallest absolute Gasteiger partial charge is 0.178 e. The van der Waals surface area contributed by atoms with Crippen LogP contribution in [0.2, 0.25) is 0 Å². The maximum Gasteiger partial charge on any atom is 0.178 e. The van der Waals surface area contributed by atoms with Crippen LogP contribution in [-0.4, -0.2) is 65.9 Å². The molecule has 1 fully saturated rings. The zero-order valence-electron chi connectivity index (χ0n) is 23.4. The topological polar surface area (TPSA) is 49.4 Å². The first-order valence-electron chi connectivity index (χ1n) is 14.5. The molecule has 0 aliphatic carbocycles. The fourth-order valence-corrected chi connectivity index (χ4v) is 5.51. The minimum Gasteiger partial charge on any atom is -0.473 e. The quantitative estimate of drug-likeness (QED) is 0.308. The molecule has 2 aliphatic heterocycles. The van der Waals surface area contributed by atoms with E-state index in [2.05, 4.69) is 102 Å². The Balaban J connectivity index is 1.27. The van der Waals surface area contributed by atoms with Crippen molar-refractivity contribution in [3.05, 3.63) is 114 Å². The minimum absolute atomic E-state index is 0.572. The summed E-state index contributed by atoms with van der Waals surface area (Å²) >= 11 is 0. The Morgan fingerprint density at radius 1 is 0.537 bits per heavy atom. The fraction of sp³-hybridized carbons (Fsp3) is 0.314. The number of benzene rings is 4. The molecule has 0 spiro atoms. The molecule has 0 aromatic heterocycles. The Hall–Kier alpha value is -3.68. The predicted molar refractivity (Wildman–Crippen MR) is 163 cm³/mol. The van der Waals surface area contributed by atoms with Crippen molar-refractivity contribution in [1.82, 2.24) is 0 Å². The molecule has 0 saturated carbocycles. The number of rotatable bonds is 3. The van der Waals surface area contributed by atoms with Crippen LogP contribution in [0, 0.1) is 0 Å². The Kier molecular flexibility index (Phi) is 8.93. The highest BCUT2D eigenvalue weighted by atomic mass is 16.6. The second-order valence-electron chi connectivity index (χ2n) is 10.2. The van der Waals surface area contributed by atoms with E-state index >= 15 is 0 Å². The van der Waals surface area contributed by atoms with E-state index in [1.165, 1.54) is 10.8 Å². The summed E-state index contributed by atoms with van der Waals surface area (Å²) in [5.74, 6) is 0.881. The van der Waals surface area contributed by atoms with Crippen molar-refractivity contribution in [2.45, 2.75) is 5.60 Å². The van der Waals surface area contributed by atoms with Gasteiger partial charge in [-0.3, -0.25) is 0 Å². The van der Waals surface area contributed by atoms with Crippen LogP contribution in [0.4, 0.5) is 5.69 Å². The summed E-state index contributed by atoms with van der Waals surface area (Å²) < 4.78 is 29.7. The zero-order valence-corrected chi connectivity index (χ0v) is 23.4. The Morgan fingerprint density at radius 3 is 1.80 bits per heavy atom. The van der Waals surface area contributed by atoms with E-state index in [0.717, 1.165) is 41.2 Å². The lowest BCUT2D eigenvalue weighted by Crippen LogP contribution is -2.35. The number of ether oxygens (including phenoxy) is 5. The van der Waals surface area contributed by atoms with Crippen molar-refractivity contribution in [2.75, 3.05) is 70.8 Å². The normalized spacial score (nSPS) is 20.9. The first-order chi connectivity index (χ1) is 20.3. The molecule has 2 heterocycles. The molecule has 1 atom stereocenters. The van der Waals surface area contributed by atoms with Gasteiger partial charge >= 0.3 is 0 Å². The molecule has 4 aromatic carbocycles. The van der Waals surface area contributed by atoms with Crippen LogP contribution in [0.15, 0.2) is 97.1 Å². The largest absolute Gasteiger partial charge is 0.473 e. The van der Waals surface area contributed by atoms with Crippen molar-refractivity contribution < 1.29 is 23.7 Å². The molecule has 6 nitrogen and oxygen atoms in total.